The Hall–Kier alpha value is -3.81. The fourth-order valence-electron chi connectivity index (χ4n) is 3.41. The topological polar surface area (TPSA) is 84.4 Å². The molecule has 7 nitrogen and oxygen atoms in total. The van der Waals surface area contributed by atoms with E-state index < -0.39 is 11.7 Å². The third kappa shape index (κ3) is 4.69. The van der Waals surface area contributed by atoms with E-state index in [4.69, 9.17) is 4.74 Å². The zero-order chi connectivity index (χ0) is 21.8. The first-order valence-electron chi connectivity index (χ1n) is 9.85. The van der Waals surface area contributed by atoms with Gasteiger partial charge in [0.25, 0.3) is 0 Å². The van der Waals surface area contributed by atoms with Gasteiger partial charge in [-0.1, -0.05) is 6.07 Å². The number of pyridine rings is 2. The first-order chi connectivity index (χ1) is 15.0. The monoisotopic (exact) mass is 420 g/mol. The molecule has 2 amide bonds. The van der Waals surface area contributed by atoms with Crippen LogP contribution in [0.2, 0.25) is 0 Å². The number of benzene rings is 1. The van der Waals surface area contributed by atoms with Crippen LogP contribution in [0.5, 0.6) is 5.75 Å². The van der Waals surface area contributed by atoms with Gasteiger partial charge in [-0.05, 0) is 54.4 Å². The predicted molar refractivity (Wildman–Crippen MR) is 113 cm³/mol. The van der Waals surface area contributed by atoms with E-state index >= 15 is 0 Å². The molecule has 0 spiro atoms. The summed E-state index contributed by atoms with van der Waals surface area (Å²) < 4.78 is 20.1. The van der Waals surface area contributed by atoms with Gasteiger partial charge < -0.3 is 15.0 Å². The molecule has 2 aromatic heterocycles. The lowest BCUT2D eigenvalue weighted by atomic mass is 10.1. The summed E-state index contributed by atoms with van der Waals surface area (Å²) in [5.74, 6) is -1.07. The zero-order valence-corrected chi connectivity index (χ0v) is 16.9. The van der Waals surface area contributed by atoms with Crippen LogP contribution in [0.1, 0.15) is 17.5 Å². The number of carbonyl (C=O) groups is 2. The average Bonchev–Trinajstić information content (AvgIpc) is 3.15. The highest BCUT2D eigenvalue weighted by atomic mass is 19.1. The lowest BCUT2D eigenvalue weighted by molar-refractivity contribution is -0.122. The Morgan fingerprint density at radius 2 is 2.03 bits per heavy atom. The summed E-state index contributed by atoms with van der Waals surface area (Å²) in [5, 5.41) is 2.75. The van der Waals surface area contributed by atoms with Crippen molar-refractivity contribution in [3.8, 4) is 5.75 Å². The first kappa shape index (κ1) is 20.5. The van der Waals surface area contributed by atoms with Crippen LogP contribution in [-0.2, 0) is 16.2 Å². The van der Waals surface area contributed by atoms with Crippen LogP contribution < -0.4 is 15.0 Å². The van der Waals surface area contributed by atoms with Crippen molar-refractivity contribution in [2.45, 2.75) is 20.0 Å². The highest BCUT2D eigenvalue weighted by Crippen LogP contribution is 2.29. The molecule has 0 bridgehead atoms. The Balaban J connectivity index is 1.43. The van der Waals surface area contributed by atoms with E-state index in [9.17, 15) is 14.0 Å². The standard InChI is InChI=1S/C23H21FN4O3/c1-15-4-5-19(18(24)11-15)28-13-17(12-21(28)29)23(30)27-22-20(3-2-8-26-22)31-14-16-6-9-25-10-7-16/h2-11,17H,12-14H2,1H3,(H,26,27,30). The molecular weight excluding hydrogens is 399 g/mol. The quantitative estimate of drug-likeness (QED) is 0.660. The number of aryl methyl sites for hydroxylation is 1. The summed E-state index contributed by atoms with van der Waals surface area (Å²) in [4.78, 5) is 34.7. The van der Waals surface area contributed by atoms with Gasteiger partial charge in [0.1, 0.15) is 12.4 Å². The molecule has 1 aliphatic rings. The number of rotatable bonds is 6. The van der Waals surface area contributed by atoms with E-state index in [1.54, 1.807) is 49.8 Å². The fourth-order valence-corrected chi connectivity index (χ4v) is 3.41. The van der Waals surface area contributed by atoms with Gasteiger partial charge in [-0.15, -0.1) is 0 Å². The van der Waals surface area contributed by atoms with Crippen molar-refractivity contribution in [3.05, 3.63) is 78.0 Å². The lowest BCUT2D eigenvalue weighted by Gasteiger charge is -2.18. The summed E-state index contributed by atoms with van der Waals surface area (Å²) in [7, 11) is 0. The number of halogens is 1. The van der Waals surface area contributed by atoms with E-state index in [1.165, 1.54) is 11.0 Å². The second kappa shape index (κ2) is 8.91. The van der Waals surface area contributed by atoms with Crippen LogP contribution >= 0.6 is 0 Å². The minimum absolute atomic E-state index is 0.000804. The Kier molecular flexibility index (Phi) is 5.88. The Morgan fingerprint density at radius 3 is 2.81 bits per heavy atom. The number of hydrogen-bond acceptors (Lipinski definition) is 5. The molecule has 4 rings (SSSR count). The molecular formula is C23H21FN4O3. The van der Waals surface area contributed by atoms with E-state index in [2.05, 4.69) is 15.3 Å². The van der Waals surface area contributed by atoms with Gasteiger partial charge in [0.05, 0.1) is 11.6 Å². The van der Waals surface area contributed by atoms with E-state index in [1.807, 2.05) is 12.1 Å². The van der Waals surface area contributed by atoms with Gasteiger partial charge in [0.2, 0.25) is 11.8 Å². The largest absolute Gasteiger partial charge is 0.485 e. The average molecular weight is 420 g/mol. The summed E-state index contributed by atoms with van der Waals surface area (Å²) in [6.45, 7) is 2.17. The van der Waals surface area contributed by atoms with Gasteiger partial charge in [-0.3, -0.25) is 14.6 Å². The minimum Gasteiger partial charge on any atom is -0.485 e. The smallest absolute Gasteiger partial charge is 0.231 e. The van der Waals surface area contributed by atoms with Crippen molar-refractivity contribution in [2.75, 3.05) is 16.8 Å². The predicted octanol–water partition coefficient (Wildman–Crippen LogP) is 3.49. The van der Waals surface area contributed by atoms with E-state index in [-0.39, 0.29) is 36.3 Å². The second-order valence-electron chi connectivity index (χ2n) is 7.34. The number of nitrogens with zero attached hydrogens (tertiary/aromatic N) is 3. The Labute approximate surface area is 178 Å². The molecule has 1 unspecified atom stereocenters. The molecule has 158 valence electrons. The van der Waals surface area contributed by atoms with Crippen molar-refractivity contribution in [3.63, 3.8) is 0 Å². The molecule has 1 fully saturated rings. The summed E-state index contributed by atoms with van der Waals surface area (Å²) in [6, 6.07) is 11.7. The lowest BCUT2D eigenvalue weighted by Crippen LogP contribution is -2.29. The number of aromatic nitrogens is 2. The minimum atomic E-state index is -0.622. The van der Waals surface area contributed by atoms with Crippen LogP contribution in [0, 0.1) is 18.7 Å². The van der Waals surface area contributed by atoms with Crippen LogP contribution in [0.15, 0.2) is 61.1 Å². The third-order valence-corrected chi connectivity index (χ3v) is 5.05. The highest BCUT2D eigenvalue weighted by Gasteiger charge is 2.36. The third-order valence-electron chi connectivity index (χ3n) is 5.05. The molecule has 1 saturated heterocycles. The zero-order valence-electron chi connectivity index (χ0n) is 16.9. The molecule has 1 aliphatic heterocycles. The van der Waals surface area contributed by atoms with Crippen molar-refractivity contribution in [2.24, 2.45) is 5.92 Å². The summed E-state index contributed by atoms with van der Waals surface area (Å²) in [5.41, 5.74) is 1.87. The number of nitrogens with one attached hydrogen (secondary N) is 1. The van der Waals surface area contributed by atoms with Crippen molar-refractivity contribution < 1.29 is 18.7 Å². The number of ether oxygens (including phenoxy) is 1. The molecule has 3 aromatic rings. The number of anilines is 2. The maximum Gasteiger partial charge on any atom is 0.231 e. The first-order valence-corrected chi connectivity index (χ1v) is 9.85. The molecule has 0 aliphatic carbocycles. The van der Waals surface area contributed by atoms with E-state index in [0.29, 0.717) is 12.4 Å². The molecule has 31 heavy (non-hydrogen) atoms. The molecule has 3 heterocycles. The van der Waals surface area contributed by atoms with Crippen LogP contribution in [0.4, 0.5) is 15.9 Å². The van der Waals surface area contributed by atoms with Gasteiger partial charge in [0.15, 0.2) is 11.6 Å². The van der Waals surface area contributed by atoms with Gasteiger partial charge >= 0.3 is 0 Å². The molecule has 0 radical (unpaired) electrons. The number of hydrogen-bond donors (Lipinski definition) is 1. The summed E-state index contributed by atoms with van der Waals surface area (Å²) >= 11 is 0. The highest BCUT2D eigenvalue weighted by molar-refractivity contribution is 6.03. The van der Waals surface area contributed by atoms with Crippen molar-refractivity contribution >= 4 is 23.3 Å². The molecule has 1 aromatic carbocycles. The molecule has 0 saturated carbocycles. The van der Waals surface area contributed by atoms with Gasteiger partial charge in [0, 0.05) is 31.6 Å². The molecule has 1 atom stereocenters. The normalized spacial score (nSPS) is 15.7. The van der Waals surface area contributed by atoms with Crippen LogP contribution in [-0.4, -0.2) is 28.3 Å². The van der Waals surface area contributed by atoms with Gasteiger partial charge in [-0.2, -0.15) is 0 Å². The van der Waals surface area contributed by atoms with Crippen LogP contribution in [0.3, 0.4) is 0 Å². The summed E-state index contributed by atoms with van der Waals surface area (Å²) in [6.07, 6.45) is 4.89. The van der Waals surface area contributed by atoms with Crippen molar-refractivity contribution in [1.29, 1.82) is 0 Å². The molecule has 8 heteroatoms. The maximum atomic E-state index is 14.3. The number of carbonyl (C=O) groups excluding carboxylic acids is 2. The molecule has 1 N–H and O–H groups in total. The second-order valence-corrected chi connectivity index (χ2v) is 7.34. The fraction of sp³-hybridized carbons (Fsp3) is 0.217. The maximum absolute atomic E-state index is 14.3. The van der Waals surface area contributed by atoms with Crippen LogP contribution in [0.25, 0.3) is 0 Å². The van der Waals surface area contributed by atoms with Crippen molar-refractivity contribution in [1.82, 2.24) is 9.97 Å². The Morgan fingerprint density at radius 1 is 1.23 bits per heavy atom. The van der Waals surface area contributed by atoms with E-state index in [0.717, 1.165) is 11.1 Å². The SMILES string of the molecule is Cc1ccc(N2CC(C(=O)Nc3ncccc3OCc3ccncc3)CC2=O)c(F)c1. The Bertz CT molecular complexity index is 1110. The number of amides is 2. The van der Waals surface area contributed by atoms with Gasteiger partial charge in [-0.25, -0.2) is 9.37 Å².